The molecule has 0 saturated carbocycles. The summed E-state index contributed by atoms with van der Waals surface area (Å²) in [5.41, 5.74) is 0.00441. The molecule has 0 saturated heterocycles. The lowest BCUT2D eigenvalue weighted by atomic mass is 10.1. The van der Waals surface area contributed by atoms with Crippen LogP contribution in [0.25, 0.3) is 10.8 Å². The summed E-state index contributed by atoms with van der Waals surface area (Å²) in [6.07, 6.45) is 1.75. The summed E-state index contributed by atoms with van der Waals surface area (Å²) in [4.78, 5) is 37.5. The quantitative estimate of drug-likeness (QED) is 0.505. The van der Waals surface area contributed by atoms with Crippen LogP contribution in [0.1, 0.15) is 45.2 Å². The normalized spacial score (nSPS) is 11.8. The second-order valence-electron chi connectivity index (χ2n) is 7.57. The first-order chi connectivity index (χ1) is 15.4. The minimum absolute atomic E-state index is 0.275. The summed E-state index contributed by atoms with van der Waals surface area (Å²) in [6, 6.07) is 11.7. The van der Waals surface area contributed by atoms with E-state index in [9.17, 15) is 14.4 Å². The highest BCUT2D eigenvalue weighted by molar-refractivity contribution is 5.81. The molecule has 1 amide bonds. The predicted molar refractivity (Wildman–Crippen MR) is 123 cm³/mol. The fourth-order valence-corrected chi connectivity index (χ4v) is 3.32. The Morgan fingerprint density at radius 1 is 1.00 bits per heavy atom. The lowest BCUT2D eigenvalue weighted by Gasteiger charge is -2.18. The number of carbonyl (C=O) groups excluding carboxylic acids is 1. The third-order valence-electron chi connectivity index (χ3n) is 4.95. The van der Waals surface area contributed by atoms with Gasteiger partial charge in [-0.2, -0.15) is 0 Å². The van der Waals surface area contributed by atoms with Crippen molar-refractivity contribution in [3.8, 4) is 11.5 Å². The van der Waals surface area contributed by atoms with Gasteiger partial charge in [0.2, 0.25) is 5.91 Å². The van der Waals surface area contributed by atoms with Crippen LogP contribution in [-0.2, 0) is 11.3 Å². The molecule has 170 valence electrons. The molecule has 0 aliphatic carbocycles. The zero-order valence-corrected chi connectivity index (χ0v) is 18.6. The Labute approximate surface area is 186 Å². The van der Waals surface area contributed by atoms with Gasteiger partial charge in [0.25, 0.3) is 11.1 Å². The van der Waals surface area contributed by atoms with Crippen molar-refractivity contribution < 1.29 is 14.3 Å². The van der Waals surface area contributed by atoms with E-state index in [0.29, 0.717) is 30.1 Å². The van der Waals surface area contributed by atoms with Crippen molar-refractivity contribution in [3.63, 3.8) is 0 Å². The second kappa shape index (κ2) is 10.7. The van der Waals surface area contributed by atoms with Crippen molar-refractivity contribution in [1.82, 2.24) is 15.1 Å². The number of fused-ring (bicyclic) bond motifs is 1. The van der Waals surface area contributed by atoms with E-state index in [2.05, 4.69) is 10.4 Å². The molecule has 1 heterocycles. The Balaban J connectivity index is 1.75. The van der Waals surface area contributed by atoms with Gasteiger partial charge in [0.15, 0.2) is 11.5 Å². The maximum absolute atomic E-state index is 12.6. The Hall–Kier alpha value is -3.55. The molecule has 2 aromatic carbocycles. The van der Waals surface area contributed by atoms with Gasteiger partial charge in [-0.05, 0) is 49.6 Å². The molecule has 0 bridgehead atoms. The Morgan fingerprint density at radius 3 is 2.34 bits per heavy atom. The van der Waals surface area contributed by atoms with E-state index in [1.54, 1.807) is 24.3 Å². The SMILES string of the molecule is CCCOc1ccc([C@@H](C)NC(=O)Cn2[nH]c(=O)c3ccccc3c2=O)cc1OCCC. The highest BCUT2D eigenvalue weighted by Crippen LogP contribution is 2.31. The fraction of sp³-hybridized carbons (Fsp3) is 0.375. The minimum Gasteiger partial charge on any atom is -0.490 e. The third-order valence-corrected chi connectivity index (χ3v) is 4.95. The highest BCUT2D eigenvalue weighted by Gasteiger charge is 2.15. The molecule has 0 radical (unpaired) electrons. The Kier molecular flexibility index (Phi) is 7.70. The summed E-state index contributed by atoms with van der Waals surface area (Å²) < 4.78 is 12.6. The van der Waals surface area contributed by atoms with Crippen LogP contribution in [0.15, 0.2) is 52.1 Å². The molecular weight excluding hydrogens is 410 g/mol. The largest absolute Gasteiger partial charge is 0.490 e. The summed E-state index contributed by atoms with van der Waals surface area (Å²) in [7, 11) is 0. The van der Waals surface area contributed by atoms with Crippen molar-refractivity contribution in [3.05, 3.63) is 68.7 Å². The van der Waals surface area contributed by atoms with Gasteiger partial charge >= 0.3 is 0 Å². The van der Waals surface area contributed by atoms with Crippen molar-refractivity contribution in [2.75, 3.05) is 13.2 Å². The van der Waals surface area contributed by atoms with E-state index in [1.165, 1.54) is 0 Å². The third kappa shape index (κ3) is 5.38. The van der Waals surface area contributed by atoms with Crippen LogP contribution in [-0.4, -0.2) is 28.9 Å². The molecule has 1 aromatic heterocycles. The standard InChI is InChI=1S/C24H29N3O5/c1-4-12-31-20-11-10-17(14-21(20)32-13-5-2)16(3)25-22(28)15-27-24(30)19-9-7-6-8-18(19)23(29)26-27/h6-11,14,16H,4-5,12-13,15H2,1-3H3,(H,25,28)(H,26,29)/t16-/m1/s1. The molecular formula is C24H29N3O5. The number of H-pyrrole nitrogens is 1. The van der Waals surface area contributed by atoms with Crippen molar-refractivity contribution in [1.29, 1.82) is 0 Å². The average molecular weight is 440 g/mol. The molecule has 1 atom stereocenters. The number of rotatable bonds is 10. The monoisotopic (exact) mass is 439 g/mol. The topological polar surface area (TPSA) is 102 Å². The van der Waals surface area contributed by atoms with Crippen molar-refractivity contribution in [2.45, 2.75) is 46.2 Å². The van der Waals surface area contributed by atoms with Gasteiger partial charge in [-0.25, -0.2) is 4.68 Å². The number of nitrogens with one attached hydrogen (secondary N) is 2. The molecule has 0 fully saturated rings. The maximum atomic E-state index is 12.6. The minimum atomic E-state index is -0.421. The van der Waals surface area contributed by atoms with Crippen LogP contribution in [0.2, 0.25) is 0 Å². The summed E-state index contributed by atoms with van der Waals surface area (Å²) in [5, 5.41) is 5.92. The molecule has 2 N–H and O–H groups in total. The van der Waals surface area contributed by atoms with Crippen LogP contribution in [0.4, 0.5) is 0 Å². The number of aromatic nitrogens is 2. The van der Waals surface area contributed by atoms with Crippen LogP contribution in [0.3, 0.4) is 0 Å². The Morgan fingerprint density at radius 2 is 1.66 bits per heavy atom. The zero-order chi connectivity index (χ0) is 23.1. The van der Waals surface area contributed by atoms with Gasteiger partial charge < -0.3 is 14.8 Å². The van der Waals surface area contributed by atoms with E-state index in [-0.39, 0.29) is 18.0 Å². The molecule has 0 aliphatic heterocycles. The first kappa shape index (κ1) is 23.1. The smallest absolute Gasteiger partial charge is 0.273 e. The molecule has 8 nitrogen and oxygen atoms in total. The number of hydrogen-bond donors (Lipinski definition) is 2. The molecule has 32 heavy (non-hydrogen) atoms. The van der Waals surface area contributed by atoms with Crippen molar-refractivity contribution in [2.24, 2.45) is 0 Å². The number of nitrogens with zero attached hydrogens (tertiary/aromatic N) is 1. The van der Waals surface area contributed by atoms with Gasteiger partial charge in [0, 0.05) is 0 Å². The lowest BCUT2D eigenvalue weighted by molar-refractivity contribution is -0.122. The molecule has 8 heteroatoms. The van der Waals surface area contributed by atoms with E-state index >= 15 is 0 Å². The first-order valence-electron chi connectivity index (χ1n) is 10.8. The number of ether oxygens (including phenoxy) is 2. The number of aromatic amines is 1. The first-order valence-corrected chi connectivity index (χ1v) is 10.8. The molecule has 0 aliphatic rings. The number of carbonyl (C=O) groups is 1. The average Bonchev–Trinajstić information content (AvgIpc) is 2.79. The second-order valence-corrected chi connectivity index (χ2v) is 7.57. The number of amides is 1. The predicted octanol–water partition coefficient (Wildman–Crippen LogP) is 3.14. The molecule has 3 rings (SSSR count). The van der Waals surface area contributed by atoms with Crippen LogP contribution in [0, 0.1) is 0 Å². The summed E-state index contributed by atoms with van der Waals surface area (Å²) in [5.74, 6) is 0.907. The summed E-state index contributed by atoms with van der Waals surface area (Å²) in [6.45, 7) is 6.76. The van der Waals surface area contributed by atoms with E-state index < -0.39 is 17.0 Å². The van der Waals surface area contributed by atoms with Crippen LogP contribution in [0.5, 0.6) is 11.5 Å². The van der Waals surface area contributed by atoms with E-state index in [1.807, 2.05) is 39.0 Å². The zero-order valence-electron chi connectivity index (χ0n) is 18.6. The Bertz CT molecular complexity index is 1200. The fourth-order valence-electron chi connectivity index (χ4n) is 3.32. The van der Waals surface area contributed by atoms with Crippen LogP contribution < -0.4 is 25.9 Å². The van der Waals surface area contributed by atoms with Crippen LogP contribution >= 0.6 is 0 Å². The van der Waals surface area contributed by atoms with E-state index in [4.69, 9.17) is 9.47 Å². The van der Waals surface area contributed by atoms with E-state index in [0.717, 1.165) is 23.1 Å². The molecule has 0 spiro atoms. The lowest BCUT2D eigenvalue weighted by Crippen LogP contribution is -2.37. The molecule has 3 aromatic rings. The summed E-state index contributed by atoms with van der Waals surface area (Å²) >= 11 is 0. The van der Waals surface area contributed by atoms with Gasteiger partial charge in [0.1, 0.15) is 6.54 Å². The highest BCUT2D eigenvalue weighted by atomic mass is 16.5. The van der Waals surface area contributed by atoms with Gasteiger partial charge in [-0.15, -0.1) is 0 Å². The maximum Gasteiger partial charge on any atom is 0.273 e. The van der Waals surface area contributed by atoms with Gasteiger partial charge in [0.05, 0.1) is 30.0 Å². The van der Waals surface area contributed by atoms with Gasteiger partial charge in [-0.3, -0.25) is 19.5 Å². The van der Waals surface area contributed by atoms with Gasteiger partial charge in [-0.1, -0.05) is 32.0 Å². The number of hydrogen-bond acceptors (Lipinski definition) is 5. The number of benzene rings is 2. The van der Waals surface area contributed by atoms with Crippen molar-refractivity contribution >= 4 is 16.7 Å². The molecule has 0 unspecified atom stereocenters.